The molecule has 33 nitrogen and oxygen atoms in total. The standard InChI is InChI=1S/C67H77Cl2N9O24/c1-24(2)13-35(72-5)59(89)77-50-52(84)27-8-11-39(33(68)15-27)98-41-17-29-18-42(56(41)102-66-57(55(87)54(86)43(23-79)100-66)101-45-22-67(4,71)58(88)25(3)97-45)99-40-12-9-28(16-34(40)69)53(85)51-64(94)76-49(65(95)96-6)32-19-30(80)20-38(82)46(32)31-14-26(7-10-37(31)81)47(61(91)78-51)75-62(92)48(29)74-60(90)36(21-44(70)83)73-63(50)93/h7-12,14-20,24-25,35-36,43,45,47-55,57-58,66,72,79-82,84-88H,13,21-23,71H2,1-6H3,(H2,70,83)(H,73,93)(H,74,90)(H,75,92)(H,76,94)(H,77,89)(H,78,91)/t25-,35+,36-,43+,45-,47+,48+,49-,50+,51-,52+,53+,54+,55-,57+,58+,66-,67-/m0/s1. The van der Waals surface area contributed by atoms with E-state index in [1.165, 1.54) is 39.1 Å². The van der Waals surface area contributed by atoms with Crippen LogP contribution in [0.2, 0.25) is 10.0 Å². The molecule has 7 aliphatic heterocycles. The number of ether oxygens (including phenoxy) is 7. The van der Waals surface area contributed by atoms with E-state index < -0.39 is 231 Å². The quantitative estimate of drug-likeness (QED) is 0.0700. The van der Waals surface area contributed by atoms with Gasteiger partial charge in [-0.25, -0.2) is 4.79 Å². The van der Waals surface area contributed by atoms with Crippen molar-refractivity contribution < 1.29 is 117 Å². The Morgan fingerprint density at radius 1 is 0.716 bits per heavy atom. The topological polar surface area (TPSA) is 519 Å². The number of likely N-dealkylation sites (N-methyl/N-ethyl adjacent to an activating group) is 1. The molecule has 0 aliphatic carbocycles. The number of rotatable bonds is 13. The van der Waals surface area contributed by atoms with Crippen LogP contribution in [0.15, 0.2) is 78.9 Å². The Morgan fingerprint density at radius 3 is 1.91 bits per heavy atom. The molecule has 0 spiro atoms. The van der Waals surface area contributed by atoms with Crippen LogP contribution in [-0.4, -0.2) is 193 Å². The van der Waals surface area contributed by atoms with E-state index in [-0.39, 0.29) is 52.0 Å². The Kier molecular flexibility index (Phi) is 22.8. The molecule has 102 heavy (non-hydrogen) atoms. The number of aliphatic hydroxyl groups is 6. The fourth-order valence-electron chi connectivity index (χ4n) is 12.6. The molecule has 7 heterocycles. The number of nitrogens with one attached hydrogen (secondary N) is 7. The maximum atomic E-state index is 16.1. The lowest BCUT2D eigenvalue weighted by atomic mass is 9.86. The molecule has 18 atom stereocenters. The average molecular weight is 1460 g/mol. The lowest BCUT2D eigenvalue weighted by Crippen LogP contribution is -2.64. The van der Waals surface area contributed by atoms with Gasteiger partial charge in [0.2, 0.25) is 53.4 Å². The maximum absolute atomic E-state index is 16.1. The summed E-state index contributed by atoms with van der Waals surface area (Å²) in [6.45, 7) is 5.68. The highest BCUT2D eigenvalue weighted by Crippen LogP contribution is 2.50. The van der Waals surface area contributed by atoms with E-state index >= 15 is 14.4 Å². The van der Waals surface area contributed by atoms with E-state index in [1.807, 2.05) is 13.8 Å². The van der Waals surface area contributed by atoms with Crippen LogP contribution in [0.1, 0.15) is 105 Å². The Hall–Kier alpha value is -9.20. The molecule has 5 aromatic carbocycles. The monoisotopic (exact) mass is 1460 g/mol. The summed E-state index contributed by atoms with van der Waals surface area (Å²) in [4.78, 5) is 118. The first-order chi connectivity index (χ1) is 48.2. The molecule has 2 saturated heterocycles. The number of fused-ring (bicyclic) bond motifs is 15. The zero-order valence-corrected chi connectivity index (χ0v) is 56.8. The number of primary amides is 1. The molecule has 0 radical (unpaired) electrons. The number of esters is 1. The fourth-order valence-corrected chi connectivity index (χ4v) is 13.1. The summed E-state index contributed by atoms with van der Waals surface area (Å²) in [5.41, 5.74) is 8.41. The second kappa shape index (κ2) is 30.8. The molecule has 0 unspecified atom stereocenters. The lowest BCUT2D eigenvalue weighted by molar-refractivity contribution is -0.333. The highest BCUT2D eigenvalue weighted by atomic mass is 35.5. The number of hydrogen-bond donors (Lipinski definition) is 18. The van der Waals surface area contributed by atoms with Gasteiger partial charge in [-0.3, -0.25) is 33.6 Å². The zero-order valence-electron chi connectivity index (χ0n) is 55.3. The molecule has 11 bridgehead atoms. The summed E-state index contributed by atoms with van der Waals surface area (Å²) in [7, 11) is 2.42. The number of nitrogens with two attached hydrogens (primary N) is 2. The van der Waals surface area contributed by atoms with Gasteiger partial charge < -0.3 is 128 Å². The number of hydrogen-bond acceptors (Lipinski definition) is 26. The highest BCUT2D eigenvalue weighted by Gasteiger charge is 2.51. The summed E-state index contributed by atoms with van der Waals surface area (Å²) in [6.07, 6.45) is -18.4. The number of carbonyl (C=O) groups excluding carboxylic acids is 8. The Labute approximate surface area is 591 Å². The van der Waals surface area contributed by atoms with E-state index in [9.17, 15) is 69.9 Å². The van der Waals surface area contributed by atoms with Gasteiger partial charge >= 0.3 is 5.97 Å². The average Bonchev–Trinajstić information content (AvgIpc) is 0.770. The predicted molar refractivity (Wildman–Crippen MR) is 354 cm³/mol. The summed E-state index contributed by atoms with van der Waals surface area (Å²) < 4.78 is 43.4. The highest BCUT2D eigenvalue weighted by molar-refractivity contribution is 6.32. The van der Waals surface area contributed by atoms with Crippen LogP contribution in [0.4, 0.5) is 0 Å². The predicted octanol–water partition coefficient (Wildman–Crippen LogP) is 0.195. The molecule has 5 aromatic rings. The third-order valence-electron chi connectivity index (χ3n) is 18.0. The molecular weight excluding hydrogens is 1390 g/mol. The van der Waals surface area contributed by atoms with Gasteiger partial charge in [-0.1, -0.05) is 55.2 Å². The van der Waals surface area contributed by atoms with Crippen molar-refractivity contribution in [1.29, 1.82) is 0 Å². The fraction of sp³-hybridized carbons (Fsp3) is 0.433. The van der Waals surface area contributed by atoms with Gasteiger partial charge in [0.25, 0.3) is 0 Å². The molecule has 20 N–H and O–H groups in total. The first-order valence-corrected chi connectivity index (χ1v) is 32.8. The normalized spacial score (nSPS) is 29.2. The van der Waals surface area contributed by atoms with Crippen LogP contribution < -0.4 is 62.9 Å². The molecular formula is C67H77Cl2N9O24. The van der Waals surface area contributed by atoms with E-state index in [0.717, 1.165) is 67.8 Å². The van der Waals surface area contributed by atoms with Gasteiger partial charge in [-0.05, 0) is 110 Å². The number of phenols is 3. The minimum absolute atomic E-state index is 0.0940. The van der Waals surface area contributed by atoms with Crippen molar-refractivity contribution in [2.24, 2.45) is 17.4 Å². The second-order valence-corrected chi connectivity index (χ2v) is 26.7. The number of carbonyl (C=O) groups is 8. The lowest BCUT2D eigenvalue weighted by Gasteiger charge is -2.47. The van der Waals surface area contributed by atoms with E-state index in [0.29, 0.717) is 0 Å². The SMILES string of the molecule is CN[C@H](CC(C)C)C(=O)N[C@H]1C(=O)N[C@@H](CC(N)=O)C(=O)N[C@H]2C(=O)N[C@H]3C(=O)N[C@H](C(=O)N[C@H](C(=O)OC)c4cc(O)cc(O)c4-c4cc3ccc4O)[C@H](O)c3ccc(c(Cl)c3)Oc3cc2cc(c3O[C@@H]2O[C@H](CO)[C@@H](O)[C@H](O)[C@H]2O[C@H]2C[C@](C)(N)[C@H](O)[C@H](C)O2)Oc2ccc(cc2Cl)[C@H]1O. The number of halogens is 2. The van der Waals surface area contributed by atoms with Crippen LogP contribution in [-0.2, 0) is 57.3 Å². The van der Waals surface area contributed by atoms with Gasteiger partial charge in [-0.2, -0.15) is 0 Å². The number of phenolic OH excluding ortho intramolecular Hbond substituents is 3. The maximum Gasteiger partial charge on any atom is 0.333 e. The number of amides is 7. The Bertz CT molecular complexity index is 4090. The van der Waals surface area contributed by atoms with Crippen LogP contribution in [0, 0.1) is 5.92 Å². The van der Waals surface area contributed by atoms with Crippen LogP contribution in [0.25, 0.3) is 11.1 Å². The van der Waals surface area contributed by atoms with Crippen LogP contribution >= 0.6 is 23.2 Å². The molecule has 12 rings (SSSR count). The number of aliphatic hydroxyl groups excluding tert-OH is 6. The Balaban J connectivity index is 1.24. The van der Waals surface area contributed by atoms with Crippen molar-refractivity contribution in [2.75, 3.05) is 20.8 Å². The summed E-state index contributed by atoms with van der Waals surface area (Å²) in [6, 6.07) is 0.0753. The summed E-state index contributed by atoms with van der Waals surface area (Å²) >= 11 is 14.2. The van der Waals surface area contributed by atoms with Gasteiger partial charge in [0.05, 0.1) is 48.4 Å². The van der Waals surface area contributed by atoms with E-state index in [4.69, 9.17) is 67.8 Å². The zero-order chi connectivity index (χ0) is 74.2. The first-order valence-electron chi connectivity index (χ1n) is 32.0. The van der Waals surface area contributed by atoms with Crippen LogP contribution in [0.3, 0.4) is 0 Å². The van der Waals surface area contributed by atoms with E-state index in [1.54, 1.807) is 0 Å². The smallest absolute Gasteiger partial charge is 0.333 e. The summed E-state index contributed by atoms with van der Waals surface area (Å²) in [5, 5.41) is 121. The second-order valence-electron chi connectivity index (χ2n) is 25.9. The molecule has 7 amide bonds. The van der Waals surface area contributed by atoms with E-state index in [2.05, 4.69) is 37.2 Å². The van der Waals surface area contributed by atoms with Crippen molar-refractivity contribution in [1.82, 2.24) is 37.2 Å². The van der Waals surface area contributed by atoms with Crippen molar-refractivity contribution >= 4 is 70.5 Å². The largest absolute Gasteiger partial charge is 0.508 e. The molecule has 0 saturated carbocycles. The molecule has 35 heteroatoms. The number of methoxy groups -OCH3 is 1. The van der Waals surface area contributed by atoms with Gasteiger partial charge in [0.15, 0.2) is 29.9 Å². The summed E-state index contributed by atoms with van der Waals surface area (Å²) in [5.74, 6) is -15.0. The molecule has 7 aliphatic rings. The van der Waals surface area contributed by atoms with Gasteiger partial charge in [-0.15, -0.1) is 0 Å². The third-order valence-corrected chi connectivity index (χ3v) is 18.6. The van der Waals surface area contributed by atoms with Crippen molar-refractivity contribution in [3.05, 3.63) is 117 Å². The minimum atomic E-state index is -2.33. The van der Waals surface area contributed by atoms with Crippen molar-refractivity contribution in [3.63, 3.8) is 0 Å². The molecule has 548 valence electrons. The van der Waals surface area contributed by atoms with Crippen molar-refractivity contribution in [2.45, 2.75) is 156 Å². The first kappa shape index (κ1) is 75.5. The number of aromatic hydroxyl groups is 3. The Morgan fingerprint density at radius 2 is 1.32 bits per heavy atom. The minimum Gasteiger partial charge on any atom is -0.508 e. The molecule has 2 fully saturated rings. The van der Waals surface area contributed by atoms with Gasteiger partial charge in [0.1, 0.15) is 89.5 Å². The number of benzene rings is 5. The third kappa shape index (κ3) is 15.9. The van der Waals surface area contributed by atoms with Crippen molar-refractivity contribution in [3.8, 4) is 57.1 Å². The van der Waals surface area contributed by atoms with Crippen LogP contribution in [0.5, 0.6) is 46.0 Å². The molecule has 0 aromatic heterocycles. The van der Waals surface area contributed by atoms with Gasteiger partial charge in [0, 0.05) is 34.7 Å².